The zero-order valence-electron chi connectivity index (χ0n) is 18.9. The van der Waals surface area contributed by atoms with Crippen LogP contribution in [0.2, 0.25) is 0 Å². The highest BCUT2D eigenvalue weighted by Crippen LogP contribution is 2.24. The summed E-state index contributed by atoms with van der Waals surface area (Å²) in [7, 11) is 0. The van der Waals surface area contributed by atoms with Crippen LogP contribution in [0.5, 0.6) is 0 Å². The summed E-state index contributed by atoms with van der Waals surface area (Å²) in [5.41, 5.74) is 5.06. The minimum Gasteiger partial charge on any atom is -0.355 e. The van der Waals surface area contributed by atoms with Gasteiger partial charge in [-0.1, -0.05) is 54.4 Å². The second kappa shape index (κ2) is 10.1. The predicted octanol–water partition coefficient (Wildman–Crippen LogP) is 4.92. The van der Waals surface area contributed by atoms with Crippen LogP contribution in [0.15, 0.2) is 54.7 Å². The molecule has 1 fully saturated rings. The number of carbonyl (C=O) groups is 1. The molecular formula is C27H35N3O. The third-order valence-corrected chi connectivity index (χ3v) is 6.63. The van der Waals surface area contributed by atoms with Gasteiger partial charge in [0.2, 0.25) is 5.91 Å². The lowest BCUT2D eigenvalue weighted by Gasteiger charge is -2.33. The van der Waals surface area contributed by atoms with Crippen LogP contribution < -0.4 is 5.32 Å². The lowest BCUT2D eigenvalue weighted by molar-refractivity contribution is -0.121. The summed E-state index contributed by atoms with van der Waals surface area (Å²) in [5, 5.41) is 4.39. The Morgan fingerprint density at radius 3 is 2.71 bits per heavy atom. The molecule has 3 aromatic rings. The number of nitrogens with one attached hydrogen (secondary N) is 1. The number of aryl methyl sites for hydroxylation is 2. The number of nitrogens with zero attached hydrogens (tertiary/aromatic N) is 2. The number of fused-ring (bicyclic) bond motifs is 1. The molecule has 0 radical (unpaired) electrons. The number of hydrogen-bond donors (Lipinski definition) is 1. The van der Waals surface area contributed by atoms with Crippen LogP contribution in [0.1, 0.15) is 49.3 Å². The van der Waals surface area contributed by atoms with Gasteiger partial charge < -0.3 is 9.88 Å². The van der Waals surface area contributed by atoms with Crippen molar-refractivity contribution in [3.05, 3.63) is 71.4 Å². The number of likely N-dealkylation sites (tertiary alicyclic amines) is 1. The zero-order valence-corrected chi connectivity index (χ0v) is 18.9. The first-order chi connectivity index (χ1) is 15.1. The fraction of sp³-hybridized carbons (Fsp3) is 0.444. The second-order valence-electron chi connectivity index (χ2n) is 9.02. The summed E-state index contributed by atoms with van der Waals surface area (Å²) in [4.78, 5) is 15.0. The summed E-state index contributed by atoms with van der Waals surface area (Å²) in [6.07, 6.45) is 7.43. The van der Waals surface area contributed by atoms with Gasteiger partial charge >= 0.3 is 0 Å². The van der Waals surface area contributed by atoms with E-state index in [9.17, 15) is 4.79 Å². The highest BCUT2D eigenvalue weighted by molar-refractivity contribution is 5.85. The van der Waals surface area contributed by atoms with Crippen molar-refractivity contribution in [1.82, 2.24) is 14.8 Å². The second-order valence-corrected chi connectivity index (χ2v) is 9.02. The van der Waals surface area contributed by atoms with Crippen LogP contribution in [0.4, 0.5) is 0 Å². The van der Waals surface area contributed by atoms with Crippen LogP contribution in [0, 0.1) is 6.92 Å². The summed E-state index contributed by atoms with van der Waals surface area (Å²) in [6, 6.07) is 17.9. The van der Waals surface area contributed by atoms with Crippen molar-refractivity contribution in [3.63, 3.8) is 0 Å². The predicted molar refractivity (Wildman–Crippen MR) is 128 cm³/mol. The summed E-state index contributed by atoms with van der Waals surface area (Å²) in [6.45, 7) is 8.14. The normalized spacial score (nSPS) is 17.2. The van der Waals surface area contributed by atoms with E-state index in [0.717, 1.165) is 32.6 Å². The van der Waals surface area contributed by atoms with Gasteiger partial charge in [-0.15, -0.1) is 0 Å². The molecule has 1 aromatic heterocycles. The molecule has 4 rings (SSSR count). The fourth-order valence-corrected chi connectivity index (χ4v) is 4.71. The quantitative estimate of drug-likeness (QED) is 0.565. The van der Waals surface area contributed by atoms with Crippen molar-refractivity contribution in [1.29, 1.82) is 0 Å². The number of piperidine rings is 1. The average molecular weight is 418 g/mol. The van der Waals surface area contributed by atoms with Crippen LogP contribution >= 0.6 is 0 Å². The Labute approximate surface area is 186 Å². The Bertz CT molecular complexity index is 1000. The van der Waals surface area contributed by atoms with Gasteiger partial charge in [0.25, 0.3) is 0 Å². The number of hydrogen-bond acceptors (Lipinski definition) is 2. The molecule has 0 saturated carbocycles. The van der Waals surface area contributed by atoms with E-state index in [2.05, 4.69) is 83.4 Å². The number of rotatable bonds is 8. The Kier molecular flexibility index (Phi) is 7.08. The fourth-order valence-electron chi connectivity index (χ4n) is 4.71. The Morgan fingerprint density at radius 1 is 1.10 bits per heavy atom. The van der Waals surface area contributed by atoms with Crippen molar-refractivity contribution in [3.8, 4) is 0 Å². The van der Waals surface area contributed by atoms with Gasteiger partial charge in [-0.2, -0.15) is 0 Å². The molecule has 2 heterocycles. The van der Waals surface area contributed by atoms with E-state index in [1.807, 2.05) is 0 Å². The van der Waals surface area contributed by atoms with Crippen molar-refractivity contribution in [2.45, 2.75) is 58.5 Å². The lowest BCUT2D eigenvalue weighted by Crippen LogP contribution is -2.42. The molecule has 1 aliphatic heterocycles. The number of benzene rings is 2. The maximum Gasteiger partial charge on any atom is 0.220 e. The SMILES string of the molecule is Cc1ccc(Cn2cc(CCC(=O)NCCN3CCCC[C@H]3C)c3ccccc32)cc1. The molecule has 31 heavy (non-hydrogen) atoms. The number of carbonyl (C=O) groups excluding carboxylic acids is 1. The van der Waals surface area contributed by atoms with Gasteiger partial charge in [-0.25, -0.2) is 0 Å². The van der Waals surface area contributed by atoms with E-state index in [-0.39, 0.29) is 5.91 Å². The van der Waals surface area contributed by atoms with E-state index < -0.39 is 0 Å². The molecule has 0 unspecified atom stereocenters. The Hall–Kier alpha value is -2.59. The van der Waals surface area contributed by atoms with Crippen molar-refractivity contribution >= 4 is 16.8 Å². The van der Waals surface area contributed by atoms with Crippen LogP contribution in [-0.2, 0) is 17.8 Å². The average Bonchev–Trinajstić information content (AvgIpc) is 3.13. The molecule has 2 aromatic carbocycles. The molecule has 0 spiro atoms. The molecular weight excluding hydrogens is 382 g/mol. The minimum absolute atomic E-state index is 0.153. The molecule has 0 bridgehead atoms. The maximum atomic E-state index is 12.5. The van der Waals surface area contributed by atoms with Crippen molar-refractivity contribution < 1.29 is 4.79 Å². The van der Waals surface area contributed by atoms with E-state index in [1.165, 1.54) is 46.9 Å². The standard InChI is InChI=1S/C27H35N3O/c1-21-10-12-23(13-11-21)19-30-20-24(25-8-3-4-9-26(25)30)14-15-27(31)28-16-18-29-17-6-5-7-22(29)2/h3-4,8-13,20,22H,5-7,14-19H2,1-2H3,(H,28,31)/t22-/m1/s1. The van der Waals surface area contributed by atoms with Crippen molar-refractivity contribution in [2.24, 2.45) is 0 Å². The molecule has 1 saturated heterocycles. The molecule has 4 nitrogen and oxygen atoms in total. The van der Waals surface area contributed by atoms with Gasteiger partial charge in [0.05, 0.1) is 0 Å². The molecule has 0 aliphatic carbocycles. The third kappa shape index (κ3) is 5.56. The number of amides is 1. The monoisotopic (exact) mass is 417 g/mol. The van der Waals surface area contributed by atoms with E-state index in [1.54, 1.807) is 0 Å². The van der Waals surface area contributed by atoms with Gasteiger partial charge in [0, 0.05) is 49.2 Å². The molecule has 1 amide bonds. The van der Waals surface area contributed by atoms with Crippen molar-refractivity contribution in [2.75, 3.05) is 19.6 Å². The van der Waals surface area contributed by atoms with Gasteiger partial charge in [0.1, 0.15) is 0 Å². The number of aromatic nitrogens is 1. The molecule has 164 valence electrons. The highest BCUT2D eigenvalue weighted by atomic mass is 16.1. The lowest BCUT2D eigenvalue weighted by atomic mass is 10.0. The van der Waals surface area contributed by atoms with E-state index in [0.29, 0.717) is 12.5 Å². The third-order valence-electron chi connectivity index (χ3n) is 6.63. The number of para-hydroxylation sites is 1. The van der Waals surface area contributed by atoms with Crippen LogP contribution in [-0.4, -0.2) is 41.1 Å². The van der Waals surface area contributed by atoms with Crippen LogP contribution in [0.3, 0.4) is 0 Å². The highest BCUT2D eigenvalue weighted by Gasteiger charge is 2.17. The summed E-state index contributed by atoms with van der Waals surface area (Å²) < 4.78 is 2.31. The van der Waals surface area contributed by atoms with Gasteiger partial charge in [-0.05, 0) is 56.8 Å². The molecule has 4 heteroatoms. The van der Waals surface area contributed by atoms with E-state index in [4.69, 9.17) is 0 Å². The summed E-state index contributed by atoms with van der Waals surface area (Å²) >= 11 is 0. The first-order valence-corrected chi connectivity index (χ1v) is 11.7. The van der Waals surface area contributed by atoms with Gasteiger partial charge in [0.15, 0.2) is 0 Å². The topological polar surface area (TPSA) is 37.3 Å². The smallest absolute Gasteiger partial charge is 0.220 e. The zero-order chi connectivity index (χ0) is 21.6. The molecule has 1 aliphatic rings. The Balaban J connectivity index is 1.34. The first-order valence-electron chi connectivity index (χ1n) is 11.7. The minimum atomic E-state index is 0.153. The Morgan fingerprint density at radius 2 is 1.90 bits per heavy atom. The molecule has 1 N–H and O–H groups in total. The molecule has 1 atom stereocenters. The largest absolute Gasteiger partial charge is 0.355 e. The van der Waals surface area contributed by atoms with E-state index >= 15 is 0 Å². The van der Waals surface area contributed by atoms with Gasteiger partial charge in [-0.3, -0.25) is 9.69 Å². The maximum absolute atomic E-state index is 12.5. The summed E-state index contributed by atoms with van der Waals surface area (Å²) in [5.74, 6) is 0.153. The van der Waals surface area contributed by atoms with Crippen LogP contribution in [0.25, 0.3) is 10.9 Å². The first kappa shape index (κ1) is 21.6.